The molecule has 0 radical (unpaired) electrons. The van der Waals surface area contributed by atoms with Crippen LogP contribution >= 0.6 is 0 Å². The van der Waals surface area contributed by atoms with Crippen molar-refractivity contribution in [2.75, 3.05) is 0 Å². The van der Waals surface area contributed by atoms with Crippen molar-refractivity contribution in [1.82, 2.24) is 0 Å². The molecule has 0 amide bonds. The molecule has 0 N–H and O–H groups in total. The van der Waals surface area contributed by atoms with Crippen LogP contribution in [-0.4, -0.2) is 0 Å². The first-order valence-corrected chi connectivity index (χ1v) is 21.7. The second kappa shape index (κ2) is 11.8. The fourth-order valence-corrected chi connectivity index (χ4v) is 14.9. The Morgan fingerprint density at radius 2 is 0.400 bits per heavy atom. The van der Waals surface area contributed by atoms with E-state index >= 15 is 0 Å². The van der Waals surface area contributed by atoms with Gasteiger partial charge in [0.1, 0.15) is 0 Å². The lowest BCUT2D eigenvalue weighted by molar-refractivity contribution is -0.0682. The summed E-state index contributed by atoms with van der Waals surface area (Å²) >= 11 is 0. The molecule has 0 aliphatic heterocycles. The Balaban J connectivity index is 0.782. The Kier molecular flexibility index (Phi) is 8.46. The highest BCUT2D eigenvalue weighted by molar-refractivity contribution is 5.06. The van der Waals surface area contributed by atoms with Gasteiger partial charge in [0.15, 0.2) is 0 Å². The van der Waals surface area contributed by atoms with E-state index in [9.17, 15) is 0 Å². The Morgan fingerprint density at radius 3 is 0.600 bits per heavy atom. The highest BCUT2D eigenvalue weighted by Crippen LogP contribution is 2.67. The van der Waals surface area contributed by atoms with Gasteiger partial charge in [0.2, 0.25) is 0 Å². The maximum Gasteiger partial charge on any atom is -0.0297 e. The molecule has 0 saturated heterocycles. The van der Waals surface area contributed by atoms with Gasteiger partial charge < -0.3 is 0 Å². The smallest absolute Gasteiger partial charge is 0.0297 e. The van der Waals surface area contributed by atoms with Gasteiger partial charge in [-0.3, -0.25) is 0 Å². The fraction of sp³-hybridized carbons (Fsp3) is 1.00. The maximum atomic E-state index is 2.47. The van der Waals surface area contributed by atoms with Crippen LogP contribution < -0.4 is 0 Å². The molecule has 0 bridgehead atoms. The molecule has 256 valence electrons. The zero-order valence-corrected chi connectivity index (χ0v) is 30.7. The van der Waals surface area contributed by atoms with Crippen LogP contribution in [0.3, 0.4) is 0 Å². The molecule has 8 rings (SSSR count). The maximum absolute atomic E-state index is 2.47. The molecule has 7 spiro atoms. The predicted octanol–water partition coefficient (Wildman–Crippen LogP) is 14.7. The van der Waals surface area contributed by atoms with E-state index in [0.29, 0.717) is 5.41 Å². The van der Waals surface area contributed by atoms with Crippen LogP contribution in [0.1, 0.15) is 239 Å². The SMILES string of the molecule is CCC1(CC)CCC2(CC1)CCC1(CC2)CCC2(CC1)CCC1(CCC3(CCC4(CCC5(CCCCC5)CC4)CC3)CC1)CC2. The van der Waals surface area contributed by atoms with Gasteiger partial charge >= 0.3 is 0 Å². The monoisotopic (exact) mass is 617 g/mol. The molecule has 0 unspecified atom stereocenters. The first-order chi connectivity index (χ1) is 21.7. The van der Waals surface area contributed by atoms with Crippen LogP contribution in [-0.2, 0) is 0 Å². The average molecular weight is 617 g/mol. The fourth-order valence-electron chi connectivity index (χ4n) is 14.9. The minimum Gasteiger partial charge on any atom is -0.0649 e. The average Bonchev–Trinajstić information content (AvgIpc) is 3.11. The minimum absolute atomic E-state index is 0.710. The predicted molar refractivity (Wildman–Crippen MR) is 192 cm³/mol. The van der Waals surface area contributed by atoms with E-state index in [1.165, 1.54) is 19.3 Å². The number of hydrogen-bond acceptors (Lipinski definition) is 0. The van der Waals surface area contributed by atoms with Gasteiger partial charge in [-0.05, 0) is 236 Å². The standard InChI is InChI=1S/C45H76/c1-3-38(4-2)10-12-40(13-11-38)18-20-42(21-19-40)26-28-44(29-27-42)34-36-45(37-35-44)32-30-43(31-33-45)24-22-41(23-25-43)16-14-39(15-17-41)8-6-5-7-9-39/h3-37H2,1-2H3. The highest BCUT2D eigenvalue weighted by Gasteiger charge is 2.54. The third kappa shape index (κ3) is 5.97. The van der Waals surface area contributed by atoms with Crippen LogP contribution in [0.5, 0.6) is 0 Å². The van der Waals surface area contributed by atoms with Crippen LogP contribution in [0.25, 0.3) is 0 Å². The third-order valence-electron chi connectivity index (χ3n) is 20.0. The summed E-state index contributed by atoms with van der Waals surface area (Å²) in [5.41, 5.74) is 6.12. The zero-order valence-electron chi connectivity index (χ0n) is 30.7. The highest BCUT2D eigenvalue weighted by atomic mass is 14.6. The van der Waals surface area contributed by atoms with Crippen molar-refractivity contribution in [3.8, 4) is 0 Å². The zero-order chi connectivity index (χ0) is 30.7. The van der Waals surface area contributed by atoms with E-state index in [2.05, 4.69) is 13.8 Å². The van der Waals surface area contributed by atoms with Gasteiger partial charge in [-0.15, -0.1) is 0 Å². The van der Waals surface area contributed by atoms with Crippen molar-refractivity contribution in [3.05, 3.63) is 0 Å². The van der Waals surface area contributed by atoms with E-state index < -0.39 is 0 Å². The summed E-state index contributed by atoms with van der Waals surface area (Å²) in [5, 5.41) is 0. The Labute approximate surface area is 281 Å². The molecule has 8 fully saturated rings. The van der Waals surface area contributed by atoms with Gasteiger partial charge in [-0.2, -0.15) is 0 Å². The lowest BCUT2D eigenvalue weighted by Crippen LogP contribution is -2.46. The van der Waals surface area contributed by atoms with E-state index in [1.807, 2.05) is 0 Å². The quantitative estimate of drug-likeness (QED) is 0.289. The molecule has 0 aromatic rings. The van der Waals surface area contributed by atoms with E-state index in [0.717, 1.165) is 37.9 Å². The van der Waals surface area contributed by atoms with Crippen LogP contribution in [0, 0.1) is 43.3 Å². The van der Waals surface area contributed by atoms with Crippen molar-refractivity contribution < 1.29 is 0 Å². The molecular formula is C45H76. The summed E-state index contributed by atoms with van der Waals surface area (Å²) in [6.07, 6.45) is 55.4. The normalized spacial score (nSPS) is 35.3. The minimum atomic E-state index is 0.710. The molecule has 8 aliphatic carbocycles. The molecule has 0 atom stereocenters. The first kappa shape index (κ1) is 32.2. The van der Waals surface area contributed by atoms with Crippen LogP contribution in [0.4, 0.5) is 0 Å². The summed E-state index contributed by atoms with van der Waals surface area (Å²) in [5.74, 6) is 0. The van der Waals surface area contributed by atoms with E-state index in [1.54, 1.807) is 205 Å². The summed E-state index contributed by atoms with van der Waals surface area (Å²) in [4.78, 5) is 0. The summed E-state index contributed by atoms with van der Waals surface area (Å²) in [6.45, 7) is 4.94. The van der Waals surface area contributed by atoms with E-state index in [-0.39, 0.29) is 0 Å². The van der Waals surface area contributed by atoms with Gasteiger partial charge in [0.25, 0.3) is 0 Å². The van der Waals surface area contributed by atoms with Gasteiger partial charge in [-0.25, -0.2) is 0 Å². The van der Waals surface area contributed by atoms with Gasteiger partial charge in [0.05, 0.1) is 0 Å². The molecule has 45 heavy (non-hydrogen) atoms. The van der Waals surface area contributed by atoms with Gasteiger partial charge in [-0.1, -0.05) is 46.0 Å². The second-order valence-electron chi connectivity index (χ2n) is 21.3. The molecule has 8 aliphatic rings. The molecule has 0 heteroatoms. The van der Waals surface area contributed by atoms with E-state index in [4.69, 9.17) is 0 Å². The molecule has 8 saturated carbocycles. The van der Waals surface area contributed by atoms with Crippen molar-refractivity contribution in [3.63, 3.8) is 0 Å². The number of rotatable bonds is 2. The third-order valence-corrected chi connectivity index (χ3v) is 20.0. The second-order valence-corrected chi connectivity index (χ2v) is 21.3. The topological polar surface area (TPSA) is 0 Å². The first-order valence-electron chi connectivity index (χ1n) is 21.7. The summed E-state index contributed by atoms with van der Waals surface area (Å²) in [6, 6.07) is 0. The number of hydrogen-bond donors (Lipinski definition) is 0. The Hall–Kier alpha value is 0. The van der Waals surface area contributed by atoms with Gasteiger partial charge in [0, 0.05) is 0 Å². The Morgan fingerprint density at radius 1 is 0.222 bits per heavy atom. The summed E-state index contributed by atoms with van der Waals surface area (Å²) < 4.78 is 0. The lowest BCUT2D eigenvalue weighted by Gasteiger charge is -2.58. The van der Waals surface area contributed by atoms with Crippen molar-refractivity contribution >= 4 is 0 Å². The molecular weight excluding hydrogens is 540 g/mol. The lowest BCUT2D eigenvalue weighted by atomic mass is 9.47. The van der Waals surface area contributed by atoms with Crippen LogP contribution in [0.2, 0.25) is 0 Å². The Bertz CT molecular complexity index is 960. The van der Waals surface area contributed by atoms with Crippen molar-refractivity contribution in [1.29, 1.82) is 0 Å². The molecule has 0 heterocycles. The summed E-state index contributed by atoms with van der Waals surface area (Å²) in [7, 11) is 0. The van der Waals surface area contributed by atoms with Crippen molar-refractivity contribution in [2.45, 2.75) is 239 Å². The molecule has 0 nitrogen and oxygen atoms in total. The molecule has 0 aromatic heterocycles. The van der Waals surface area contributed by atoms with Crippen LogP contribution in [0.15, 0.2) is 0 Å². The largest absolute Gasteiger partial charge is 0.0649 e. The molecule has 0 aromatic carbocycles. The van der Waals surface area contributed by atoms with Crippen molar-refractivity contribution in [2.24, 2.45) is 43.3 Å².